The normalized spacial score (nSPS) is 14.6. The number of hydrogen-bond donors (Lipinski definition) is 2. The number of rotatable bonds is 7. The molecule has 2 heterocycles. The SMILES string of the molecule is CCc1noc2ncc(S(=O)(=O)NC(C)(CN)CC(C)C)cc12.Cl. The second-order valence-electron chi connectivity index (χ2n) is 6.47. The van der Waals surface area contributed by atoms with Crippen LogP contribution in [0.4, 0.5) is 0 Å². The van der Waals surface area contributed by atoms with Crippen LogP contribution in [0.2, 0.25) is 0 Å². The van der Waals surface area contributed by atoms with Gasteiger partial charge in [-0.25, -0.2) is 18.1 Å². The van der Waals surface area contributed by atoms with E-state index < -0.39 is 15.6 Å². The zero-order chi connectivity index (χ0) is 17.3. The molecule has 0 saturated carbocycles. The van der Waals surface area contributed by atoms with Gasteiger partial charge in [0.05, 0.1) is 17.3 Å². The van der Waals surface area contributed by atoms with E-state index in [1.165, 1.54) is 6.20 Å². The number of aryl methyl sites for hydroxylation is 1. The Bertz CT molecular complexity index is 791. The first-order valence-corrected chi connectivity index (χ1v) is 9.17. The number of nitrogens with two attached hydrogens (primary N) is 1. The molecule has 0 spiro atoms. The van der Waals surface area contributed by atoms with E-state index in [2.05, 4.69) is 14.9 Å². The Morgan fingerprint density at radius 2 is 2.08 bits per heavy atom. The van der Waals surface area contributed by atoms with E-state index in [0.717, 1.165) is 0 Å². The highest BCUT2D eigenvalue weighted by atomic mass is 35.5. The average molecular weight is 377 g/mol. The van der Waals surface area contributed by atoms with Crippen LogP contribution in [0.15, 0.2) is 21.7 Å². The lowest BCUT2D eigenvalue weighted by Crippen LogP contribution is -2.52. The molecule has 9 heteroatoms. The maximum Gasteiger partial charge on any atom is 0.258 e. The molecule has 7 nitrogen and oxygen atoms in total. The average Bonchev–Trinajstić information content (AvgIpc) is 2.87. The molecule has 3 N–H and O–H groups in total. The molecule has 24 heavy (non-hydrogen) atoms. The summed E-state index contributed by atoms with van der Waals surface area (Å²) in [5, 5.41) is 4.51. The minimum absolute atomic E-state index is 0. The summed E-state index contributed by atoms with van der Waals surface area (Å²) >= 11 is 0. The van der Waals surface area contributed by atoms with Crippen molar-refractivity contribution in [1.82, 2.24) is 14.9 Å². The number of fused-ring (bicyclic) bond motifs is 1. The number of sulfonamides is 1. The minimum Gasteiger partial charge on any atom is -0.336 e. The Kier molecular flexibility index (Phi) is 6.75. The van der Waals surface area contributed by atoms with Crippen LogP contribution in [0.3, 0.4) is 0 Å². The fourth-order valence-corrected chi connectivity index (χ4v) is 4.11. The molecule has 2 aromatic heterocycles. The summed E-state index contributed by atoms with van der Waals surface area (Å²) in [5.41, 5.74) is 6.11. The van der Waals surface area contributed by atoms with Crippen molar-refractivity contribution in [2.45, 2.75) is 51.0 Å². The summed E-state index contributed by atoms with van der Waals surface area (Å²) in [6, 6.07) is 1.55. The van der Waals surface area contributed by atoms with Crippen molar-refractivity contribution in [3.05, 3.63) is 18.0 Å². The standard InChI is InChI=1S/C15H24N4O3S.ClH/c1-5-13-12-6-11(8-17-14(12)22-18-13)23(20,21)19-15(4,9-16)7-10(2)3;/h6,8,10,19H,5,7,9,16H2,1-4H3;1H. The van der Waals surface area contributed by atoms with Gasteiger partial charge >= 0.3 is 0 Å². The summed E-state index contributed by atoms with van der Waals surface area (Å²) in [7, 11) is -3.73. The van der Waals surface area contributed by atoms with Crippen LogP contribution in [0, 0.1) is 5.92 Å². The second kappa shape index (κ2) is 7.77. The van der Waals surface area contributed by atoms with Gasteiger partial charge in [-0.2, -0.15) is 0 Å². The quantitative estimate of drug-likeness (QED) is 0.766. The number of nitrogens with zero attached hydrogens (tertiary/aromatic N) is 2. The van der Waals surface area contributed by atoms with Gasteiger partial charge in [0.2, 0.25) is 10.0 Å². The number of nitrogens with one attached hydrogen (secondary N) is 1. The van der Waals surface area contributed by atoms with E-state index in [0.29, 0.717) is 35.6 Å². The fraction of sp³-hybridized carbons (Fsp3) is 0.600. The van der Waals surface area contributed by atoms with E-state index in [1.807, 2.05) is 27.7 Å². The number of aromatic nitrogens is 2. The zero-order valence-corrected chi connectivity index (χ0v) is 16.0. The summed E-state index contributed by atoms with van der Waals surface area (Å²) in [6.45, 7) is 8.01. The Morgan fingerprint density at radius 1 is 1.42 bits per heavy atom. The molecule has 0 saturated heterocycles. The third kappa shape index (κ3) is 4.44. The Morgan fingerprint density at radius 3 is 2.62 bits per heavy atom. The summed E-state index contributed by atoms with van der Waals surface area (Å²) in [6.07, 6.45) is 2.56. The third-order valence-electron chi connectivity index (χ3n) is 3.71. The molecule has 0 aromatic carbocycles. The van der Waals surface area contributed by atoms with Crippen LogP contribution in [-0.2, 0) is 16.4 Å². The smallest absolute Gasteiger partial charge is 0.258 e. The lowest BCUT2D eigenvalue weighted by Gasteiger charge is -2.30. The molecular weight excluding hydrogens is 352 g/mol. The molecule has 1 atom stereocenters. The minimum atomic E-state index is -3.73. The molecule has 0 aliphatic carbocycles. The molecule has 1 unspecified atom stereocenters. The Balaban J connectivity index is 0.00000288. The van der Waals surface area contributed by atoms with Crippen molar-refractivity contribution < 1.29 is 12.9 Å². The van der Waals surface area contributed by atoms with Crippen LogP contribution in [0.5, 0.6) is 0 Å². The van der Waals surface area contributed by atoms with Crippen molar-refractivity contribution in [2.24, 2.45) is 11.7 Å². The van der Waals surface area contributed by atoms with E-state index >= 15 is 0 Å². The van der Waals surface area contributed by atoms with Gasteiger partial charge in [0.15, 0.2) is 0 Å². The van der Waals surface area contributed by atoms with Crippen LogP contribution in [0.1, 0.15) is 39.8 Å². The molecule has 0 bridgehead atoms. The predicted molar refractivity (Wildman–Crippen MR) is 95.7 cm³/mol. The van der Waals surface area contributed by atoms with Crippen molar-refractivity contribution in [2.75, 3.05) is 6.54 Å². The fourth-order valence-electron chi connectivity index (χ4n) is 2.71. The molecule has 2 aromatic rings. The molecule has 0 fully saturated rings. The van der Waals surface area contributed by atoms with Crippen LogP contribution in [-0.4, -0.2) is 30.6 Å². The van der Waals surface area contributed by atoms with Gasteiger partial charge in [-0.3, -0.25) is 0 Å². The summed E-state index contributed by atoms with van der Waals surface area (Å²) in [4.78, 5) is 4.14. The van der Waals surface area contributed by atoms with E-state index in [9.17, 15) is 8.42 Å². The van der Waals surface area contributed by atoms with Gasteiger partial charge in [-0.05, 0) is 31.7 Å². The predicted octanol–water partition coefficient (Wildman–Crippen LogP) is 2.25. The van der Waals surface area contributed by atoms with Crippen LogP contribution < -0.4 is 10.5 Å². The summed E-state index contributed by atoms with van der Waals surface area (Å²) < 4.78 is 33.2. The van der Waals surface area contributed by atoms with Gasteiger partial charge in [-0.1, -0.05) is 25.9 Å². The first kappa shape index (κ1) is 20.8. The van der Waals surface area contributed by atoms with E-state index in [4.69, 9.17) is 10.3 Å². The van der Waals surface area contributed by atoms with Gasteiger partial charge < -0.3 is 10.3 Å². The third-order valence-corrected chi connectivity index (χ3v) is 5.32. The van der Waals surface area contributed by atoms with Gasteiger partial charge in [0.1, 0.15) is 4.90 Å². The van der Waals surface area contributed by atoms with Crippen molar-refractivity contribution >= 4 is 33.5 Å². The van der Waals surface area contributed by atoms with E-state index in [-0.39, 0.29) is 23.8 Å². The van der Waals surface area contributed by atoms with Gasteiger partial charge in [0.25, 0.3) is 5.71 Å². The molecule has 0 aliphatic heterocycles. The topological polar surface area (TPSA) is 111 Å². The van der Waals surface area contributed by atoms with Crippen molar-refractivity contribution in [1.29, 1.82) is 0 Å². The molecule has 0 radical (unpaired) electrons. The first-order chi connectivity index (χ1) is 10.7. The lowest BCUT2D eigenvalue weighted by atomic mass is 9.92. The van der Waals surface area contributed by atoms with Gasteiger partial charge in [-0.15, -0.1) is 12.4 Å². The molecule has 0 aliphatic rings. The summed E-state index contributed by atoms with van der Waals surface area (Å²) in [5.74, 6) is 0.316. The molecule has 136 valence electrons. The Hall–Kier alpha value is -1.22. The largest absolute Gasteiger partial charge is 0.336 e. The first-order valence-electron chi connectivity index (χ1n) is 7.69. The lowest BCUT2D eigenvalue weighted by molar-refractivity contribution is 0.344. The van der Waals surface area contributed by atoms with Crippen molar-refractivity contribution in [3.63, 3.8) is 0 Å². The number of hydrogen-bond acceptors (Lipinski definition) is 6. The van der Waals surface area contributed by atoms with Gasteiger partial charge in [0, 0.05) is 12.1 Å². The zero-order valence-electron chi connectivity index (χ0n) is 14.4. The molecule has 0 amide bonds. The van der Waals surface area contributed by atoms with Crippen LogP contribution in [0.25, 0.3) is 11.1 Å². The van der Waals surface area contributed by atoms with Crippen molar-refractivity contribution in [3.8, 4) is 0 Å². The highest BCUT2D eigenvalue weighted by Crippen LogP contribution is 2.23. The molecular formula is C15H25ClN4O3S. The maximum absolute atomic E-state index is 12.7. The monoisotopic (exact) mass is 376 g/mol. The highest BCUT2D eigenvalue weighted by molar-refractivity contribution is 7.89. The number of pyridine rings is 1. The van der Waals surface area contributed by atoms with E-state index in [1.54, 1.807) is 6.07 Å². The second-order valence-corrected chi connectivity index (χ2v) is 8.16. The Labute approximate surface area is 148 Å². The van der Waals surface area contributed by atoms with Crippen LogP contribution >= 0.6 is 12.4 Å². The highest BCUT2D eigenvalue weighted by Gasteiger charge is 2.30. The molecule has 2 rings (SSSR count). The maximum atomic E-state index is 12.7. The number of halogens is 1.